The first kappa shape index (κ1) is 18.6. The lowest BCUT2D eigenvalue weighted by molar-refractivity contribution is -0.0260. The van der Waals surface area contributed by atoms with Gasteiger partial charge in [-0.05, 0) is 42.7 Å². The van der Waals surface area contributed by atoms with Crippen LogP contribution < -0.4 is 5.32 Å². The van der Waals surface area contributed by atoms with Crippen LogP contribution >= 0.6 is 0 Å². The van der Waals surface area contributed by atoms with Crippen molar-refractivity contribution in [2.45, 2.75) is 32.0 Å². The minimum Gasteiger partial charge on any atom is -0.389 e. The fraction of sp³-hybridized carbons (Fsp3) is 0.333. The highest BCUT2D eigenvalue weighted by Crippen LogP contribution is 2.24. The number of aliphatic hydroxyl groups is 1. The lowest BCUT2D eigenvalue weighted by Gasteiger charge is -2.28. The Kier molecular flexibility index (Phi) is 5.11. The number of aromatic nitrogens is 2. The Balaban J connectivity index is 1.69. The van der Waals surface area contributed by atoms with Gasteiger partial charge in [0.25, 0.3) is 5.91 Å². The maximum absolute atomic E-state index is 13.6. The Bertz CT molecular complexity index is 1020. The smallest absolute Gasteiger partial charge is 0.255 e. The number of rotatable bonds is 4. The molecule has 1 aromatic carbocycles. The summed E-state index contributed by atoms with van der Waals surface area (Å²) in [5.74, 6) is -0.581. The number of nitrogens with one attached hydrogen (secondary N) is 1. The first-order valence-electron chi connectivity index (χ1n) is 9.28. The van der Waals surface area contributed by atoms with Gasteiger partial charge in [-0.15, -0.1) is 0 Å². The number of amides is 1. The molecule has 1 aliphatic rings. The van der Waals surface area contributed by atoms with Crippen molar-refractivity contribution in [3.63, 3.8) is 0 Å². The van der Waals surface area contributed by atoms with E-state index in [1.165, 1.54) is 12.1 Å². The lowest BCUT2D eigenvalue weighted by atomic mass is 10.1. The van der Waals surface area contributed by atoms with E-state index in [4.69, 9.17) is 4.74 Å². The Labute approximate surface area is 162 Å². The summed E-state index contributed by atoms with van der Waals surface area (Å²) in [5.41, 5.74) is 3.65. The maximum Gasteiger partial charge on any atom is 0.255 e. The number of nitrogens with zero attached hydrogens (tertiary/aromatic N) is 2. The van der Waals surface area contributed by atoms with Crippen LogP contribution in [0.25, 0.3) is 11.0 Å². The average Bonchev–Trinajstić information content (AvgIpc) is 3.03. The molecule has 1 saturated heterocycles. The molecule has 6 nitrogen and oxygen atoms in total. The van der Waals surface area contributed by atoms with Crippen LogP contribution in [0.3, 0.4) is 0 Å². The summed E-state index contributed by atoms with van der Waals surface area (Å²) in [6.07, 6.45) is 3.25. The Morgan fingerprint density at radius 2 is 2.29 bits per heavy atom. The van der Waals surface area contributed by atoms with Gasteiger partial charge in [-0.25, -0.2) is 4.39 Å². The number of carbonyl (C=O) groups excluding carboxylic acids is 1. The van der Waals surface area contributed by atoms with Gasteiger partial charge >= 0.3 is 0 Å². The molecular formula is C21H22FN3O3. The first-order chi connectivity index (χ1) is 13.5. The summed E-state index contributed by atoms with van der Waals surface area (Å²) in [7, 11) is 0. The van der Waals surface area contributed by atoms with Gasteiger partial charge in [0.05, 0.1) is 29.8 Å². The number of pyridine rings is 1. The van der Waals surface area contributed by atoms with Crippen molar-refractivity contribution in [2.75, 3.05) is 13.2 Å². The zero-order valence-corrected chi connectivity index (χ0v) is 15.6. The molecule has 2 N–H and O–H groups in total. The van der Waals surface area contributed by atoms with Gasteiger partial charge in [0.1, 0.15) is 11.3 Å². The predicted octanol–water partition coefficient (Wildman–Crippen LogP) is 2.41. The van der Waals surface area contributed by atoms with Gasteiger partial charge in [0.2, 0.25) is 0 Å². The molecule has 146 valence electrons. The second-order valence-electron chi connectivity index (χ2n) is 7.14. The number of benzene rings is 1. The van der Waals surface area contributed by atoms with Crippen LogP contribution in [0.15, 0.2) is 42.7 Å². The topological polar surface area (TPSA) is 76.4 Å². The van der Waals surface area contributed by atoms with Crippen molar-refractivity contribution < 1.29 is 19.0 Å². The monoisotopic (exact) mass is 383 g/mol. The summed E-state index contributed by atoms with van der Waals surface area (Å²) >= 11 is 0. The molecule has 0 radical (unpaired) electrons. The molecule has 28 heavy (non-hydrogen) atoms. The average molecular weight is 383 g/mol. The Morgan fingerprint density at radius 3 is 3.07 bits per heavy atom. The highest BCUT2D eigenvalue weighted by Gasteiger charge is 2.27. The van der Waals surface area contributed by atoms with E-state index >= 15 is 0 Å². The highest BCUT2D eigenvalue weighted by atomic mass is 19.1. The van der Waals surface area contributed by atoms with E-state index < -0.39 is 6.10 Å². The van der Waals surface area contributed by atoms with Gasteiger partial charge in [-0.1, -0.05) is 12.1 Å². The fourth-order valence-electron chi connectivity index (χ4n) is 3.65. The van der Waals surface area contributed by atoms with Crippen LogP contribution in [0.2, 0.25) is 0 Å². The van der Waals surface area contributed by atoms with Crippen LogP contribution in [0, 0.1) is 12.7 Å². The van der Waals surface area contributed by atoms with Gasteiger partial charge < -0.3 is 19.7 Å². The minimum atomic E-state index is -0.729. The van der Waals surface area contributed by atoms with Crippen LogP contribution in [0.5, 0.6) is 0 Å². The molecular weight excluding hydrogens is 361 g/mol. The number of hydrogen-bond acceptors (Lipinski definition) is 4. The van der Waals surface area contributed by atoms with Gasteiger partial charge in [0, 0.05) is 25.5 Å². The van der Waals surface area contributed by atoms with Crippen molar-refractivity contribution in [2.24, 2.45) is 0 Å². The number of aliphatic hydroxyl groups excluding tert-OH is 1. The summed E-state index contributed by atoms with van der Waals surface area (Å²) in [5, 5.41) is 13.0. The zero-order chi connectivity index (χ0) is 19.7. The lowest BCUT2D eigenvalue weighted by Crippen LogP contribution is -2.48. The molecule has 3 heterocycles. The van der Waals surface area contributed by atoms with Crippen molar-refractivity contribution in [1.29, 1.82) is 0 Å². The molecule has 4 rings (SSSR count). The number of hydrogen-bond donors (Lipinski definition) is 2. The largest absolute Gasteiger partial charge is 0.389 e. The molecule has 1 fully saturated rings. The Morgan fingerprint density at radius 1 is 1.43 bits per heavy atom. The summed E-state index contributed by atoms with van der Waals surface area (Å²) < 4.78 is 20.7. The van der Waals surface area contributed by atoms with Gasteiger partial charge in [0.15, 0.2) is 0 Å². The van der Waals surface area contributed by atoms with Crippen LogP contribution in [-0.2, 0) is 11.3 Å². The summed E-state index contributed by atoms with van der Waals surface area (Å²) in [6, 6.07) is 7.93. The third-order valence-corrected chi connectivity index (χ3v) is 5.08. The number of carbonyl (C=O) groups is 1. The first-order valence-corrected chi connectivity index (χ1v) is 9.28. The van der Waals surface area contributed by atoms with Crippen LogP contribution in [0.1, 0.15) is 27.9 Å². The molecule has 2 atom stereocenters. The second kappa shape index (κ2) is 7.69. The minimum absolute atomic E-state index is 0.212. The molecule has 0 aliphatic carbocycles. The van der Waals surface area contributed by atoms with Crippen molar-refractivity contribution in [1.82, 2.24) is 14.9 Å². The molecule has 2 aromatic heterocycles. The van der Waals surface area contributed by atoms with Crippen molar-refractivity contribution in [3.8, 4) is 0 Å². The molecule has 0 saturated carbocycles. The van der Waals surface area contributed by atoms with E-state index in [-0.39, 0.29) is 24.4 Å². The number of halogens is 1. The summed E-state index contributed by atoms with van der Waals surface area (Å²) in [6.45, 7) is 3.09. The van der Waals surface area contributed by atoms with Gasteiger partial charge in [-0.2, -0.15) is 0 Å². The summed E-state index contributed by atoms with van der Waals surface area (Å²) in [4.78, 5) is 17.3. The van der Waals surface area contributed by atoms with Gasteiger partial charge in [-0.3, -0.25) is 9.78 Å². The van der Waals surface area contributed by atoms with E-state index in [2.05, 4.69) is 10.3 Å². The quantitative estimate of drug-likeness (QED) is 0.726. The normalized spacial score (nSPS) is 19.7. The molecule has 1 amide bonds. The molecule has 1 aliphatic heterocycles. The number of ether oxygens (including phenoxy) is 1. The molecule has 3 aromatic rings. The highest BCUT2D eigenvalue weighted by molar-refractivity contribution is 6.06. The molecule has 0 bridgehead atoms. The van der Waals surface area contributed by atoms with E-state index in [1.807, 2.05) is 23.6 Å². The molecule has 1 unspecified atom stereocenters. The fourth-order valence-corrected chi connectivity index (χ4v) is 3.65. The zero-order valence-electron chi connectivity index (χ0n) is 15.6. The standard InChI is InChI=1S/C21H22FN3O3/c1-13-5-7-23-19-16(21(27)24-17-6-8-28-12-18(17)26)11-25(20(13)19)10-14-3-2-4-15(22)9-14/h2-5,7,9,11,17-18,26H,6,8,10,12H2,1H3,(H,24,27)/t17?,18-/m0/s1. The van der Waals surface area contributed by atoms with E-state index in [0.29, 0.717) is 30.7 Å². The third-order valence-electron chi connectivity index (χ3n) is 5.08. The van der Waals surface area contributed by atoms with Crippen molar-refractivity contribution in [3.05, 3.63) is 65.2 Å². The molecule has 0 spiro atoms. The van der Waals surface area contributed by atoms with E-state index in [1.54, 1.807) is 18.5 Å². The van der Waals surface area contributed by atoms with Crippen LogP contribution in [0.4, 0.5) is 4.39 Å². The number of fused-ring (bicyclic) bond motifs is 1. The molecule has 7 heteroatoms. The van der Waals surface area contributed by atoms with E-state index in [0.717, 1.165) is 16.6 Å². The van der Waals surface area contributed by atoms with Crippen molar-refractivity contribution >= 4 is 16.9 Å². The van der Waals surface area contributed by atoms with Crippen LogP contribution in [-0.4, -0.2) is 45.9 Å². The number of aryl methyl sites for hydroxylation is 1. The van der Waals surface area contributed by atoms with E-state index in [9.17, 15) is 14.3 Å². The maximum atomic E-state index is 13.6. The Hall–Kier alpha value is -2.77. The second-order valence-corrected chi connectivity index (χ2v) is 7.14. The third kappa shape index (κ3) is 3.63. The SMILES string of the molecule is Cc1ccnc2c(C(=O)NC3CCOC[C@@H]3O)cn(Cc3cccc(F)c3)c12. The predicted molar refractivity (Wildman–Crippen MR) is 103 cm³/mol.